The Balaban J connectivity index is 3.08. The fourth-order valence-electron chi connectivity index (χ4n) is 0.842. The summed E-state index contributed by atoms with van der Waals surface area (Å²) >= 11 is 1.20. The molecular formula is C6H10N2OS. The number of rotatable bonds is 2. The highest BCUT2D eigenvalue weighted by molar-refractivity contribution is 7.09. The number of nitrogens with one attached hydrogen (secondary N) is 1. The lowest BCUT2D eigenvalue weighted by Crippen LogP contribution is -1.97. The third-order valence-electron chi connectivity index (χ3n) is 1.34. The molecule has 56 valence electrons. The molecule has 0 radical (unpaired) electrons. The van der Waals surface area contributed by atoms with Crippen molar-refractivity contribution in [1.29, 1.82) is 0 Å². The zero-order chi connectivity index (χ0) is 7.56. The third kappa shape index (κ3) is 1.27. The van der Waals surface area contributed by atoms with E-state index in [9.17, 15) is 4.79 Å². The van der Waals surface area contributed by atoms with Gasteiger partial charge in [0, 0.05) is 17.1 Å². The molecule has 3 N–H and O–H groups in total. The Morgan fingerprint density at radius 2 is 2.40 bits per heavy atom. The highest BCUT2D eigenvalue weighted by Crippen LogP contribution is 2.07. The molecule has 1 rings (SSSR count). The molecule has 0 aliphatic rings. The minimum absolute atomic E-state index is 0.00250. The van der Waals surface area contributed by atoms with Crippen molar-refractivity contribution >= 4 is 11.3 Å². The van der Waals surface area contributed by atoms with Gasteiger partial charge in [0.15, 0.2) is 0 Å². The van der Waals surface area contributed by atoms with Crippen LogP contribution in [0.1, 0.15) is 17.5 Å². The van der Waals surface area contributed by atoms with Crippen molar-refractivity contribution in [1.82, 2.24) is 4.98 Å². The fourth-order valence-corrected chi connectivity index (χ4v) is 1.64. The Hall–Kier alpha value is -0.610. The predicted molar refractivity (Wildman–Crippen MR) is 42.2 cm³/mol. The van der Waals surface area contributed by atoms with E-state index < -0.39 is 0 Å². The first-order chi connectivity index (χ1) is 4.77. The smallest absolute Gasteiger partial charge is 0.304 e. The molecule has 1 aromatic heterocycles. The summed E-state index contributed by atoms with van der Waals surface area (Å²) in [6, 6.07) is 0. The number of aromatic nitrogens is 1. The number of hydrogen-bond acceptors (Lipinski definition) is 3. The Kier molecular flexibility index (Phi) is 2.24. The molecule has 0 aromatic carbocycles. The largest absolute Gasteiger partial charge is 0.326 e. The number of aromatic amines is 1. The van der Waals surface area contributed by atoms with Crippen molar-refractivity contribution in [3.63, 3.8) is 0 Å². The van der Waals surface area contributed by atoms with Crippen LogP contribution in [0.3, 0.4) is 0 Å². The van der Waals surface area contributed by atoms with E-state index >= 15 is 0 Å². The summed E-state index contributed by atoms with van der Waals surface area (Å²) < 4.78 is 0. The fraction of sp³-hybridized carbons (Fsp3) is 0.500. The van der Waals surface area contributed by atoms with Crippen molar-refractivity contribution in [2.24, 2.45) is 5.73 Å². The number of aryl methyl sites for hydroxylation is 1. The zero-order valence-electron chi connectivity index (χ0n) is 5.81. The van der Waals surface area contributed by atoms with Crippen LogP contribution in [0.4, 0.5) is 0 Å². The Labute approximate surface area is 62.9 Å². The molecule has 4 heteroatoms. The van der Waals surface area contributed by atoms with Gasteiger partial charge >= 0.3 is 4.87 Å². The van der Waals surface area contributed by atoms with Gasteiger partial charge in [-0.05, 0) is 6.42 Å². The number of thiazole rings is 1. The van der Waals surface area contributed by atoms with Crippen LogP contribution in [0, 0.1) is 0 Å². The third-order valence-corrected chi connectivity index (χ3v) is 2.29. The second kappa shape index (κ2) is 2.98. The molecule has 0 spiro atoms. The van der Waals surface area contributed by atoms with E-state index in [2.05, 4.69) is 4.98 Å². The molecule has 1 aromatic rings. The minimum atomic E-state index is -0.00250. The molecule has 0 aliphatic heterocycles. The first kappa shape index (κ1) is 7.50. The molecule has 0 amide bonds. The molecule has 0 aliphatic carbocycles. The molecule has 0 fully saturated rings. The van der Waals surface area contributed by atoms with Crippen molar-refractivity contribution in [3.8, 4) is 0 Å². The molecule has 0 saturated heterocycles. The number of H-pyrrole nitrogens is 1. The Morgan fingerprint density at radius 3 is 2.80 bits per heavy atom. The van der Waals surface area contributed by atoms with E-state index in [1.807, 2.05) is 6.92 Å². The molecule has 0 saturated carbocycles. The van der Waals surface area contributed by atoms with Crippen LogP contribution in [-0.4, -0.2) is 4.98 Å². The summed E-state index contributed by atoms with van der Waals surface area (Å²) in [7, 11) is 0. The summed E-state index contributed by atoms with van der Waals surface area (Å²) in [4.78, 5) is 14.4. The predicted octanol–water partition coefficient (Wildman–Crippen LogP) is 0.457. The monoisotopic (exact) mass is 158 g/mol. The van der Waals surface area contributed by atoms with Crippen LogP contribution in [0.15, 0.2) is 4.79 Å². The average Bonchev–Trinajstić information content (AvgIpc) is 2.30. The van der Waals surface area contributed by atoms with Gasteiger partial charge in [0.25, 0.3) is 0 Å². The average molecular weight is 158 g/mol. The highest BCUT2D eigenvalue weighted by Gasteiger charge is 2.02. The number of nitrogens with two attached hydrogens (primary N) is 1. The quantitative estimate of drug-likeness (QED) is 0.656. The lowest BCUT2D eigenvalue weighted by molar-refractivity contribution is 0.981. The summed E-state index contributed by atoms with van der Waals surface area (Å²) in [5.41, 5.74) is 6.37. The van der Waals surface area contributed by atoms with Gasteiger partial charge in [-0.3, -0.25) is 4.79 Å². The first-order valence-corrected chi connectivity index (χ1v) is 4.00. The van der Waals surface area contributed by atoms with Crippen molar-refractivity contribution < 1.29 is 0 Å². The number of hydrogen-bond donors (Lipinski definition) is 2. The van der Waals surface area contributed by atoms with E-state index in [1.165, 1.54) is 11.3 Å². The van der Waals surface area contributed by atoms with E-state index in [-0.39, 0.29) is 4.87 Å². The van der Waals surface area contributed by atoms with Gasteiger partial charge in [0.05, 0.1) is 0 Å². The van der Waals surface area contributed by atoms with Crippen molar-refractivity contribution in [3.05, 3.63) is 20.2 Å². The van der Waals surface area contributed by atoms with Gasteiger partial charge in [-0.15, -0.1) is 0 Å². The van der Waals surface area contributed by atoms with Gasteiger partial charge in [-0.2, -0.15) is 0 Å². The molecule has 10 heavy (non-hydrogen) atoms. The Morgan fingerprint density at radius 1 is 1.70 bits per heavy atom. The molecule has 0 bridgehead atoms. The topological polar surface area (TPSA) is 58.9 Å². The normalized spacial score (nSPS) is 10.2. The lowest BCUT2D eigenvalue weighted by Gasteiger charge is -1.92. The van der Waals surface area contributed by atoms with E-state index in [0.29, 0.717) is 6.54 Å². The van der Waals surface area contributed by atoms with Crippen LogP contribution in [0.5, 0.6) is 0 Å². The molecule has 3 nitrogen and oxygen atoms in total. The molecular weight excluding hydrogens is 148 g/mol. The van der Waals surface area contributed by atoms with Gasteiger partial charge in [0.1, 0.15) is 0 Å². The van der Waals surface area contributed by atoms with E-state index in [0.717, 1.165) is 17.0 Å². The van der Waals surface area contributed by atoms with Crippen LogP contribution in [0.25, 0.3) is 0 Å². The second-order valence-electron chi connectivity index (χ2n) is 1.97. The maximum absolute atomic E-state index is 10.7. The maximum Gasteiger partial charge on any atom is 0.304 e. The second-order valence-corrected chi connectivity index (χ2v) is 3.04. The zero-order valence-corrected chi connectivity index (χ0v) is 6.62. The standard InChI is InChI=1S/C6H10N2OS/c1-2-4-5(3-7)10-6(9)8-4/h2-3,7H2,1H3,(H,8,9). The Bertz CT molecular complexity index is 238. The van der Waals surface area contributed by atoms with Gasteiger partial charge in [-0.1, -0.05) is 18.3 Å². The summed E-state index contributed by atoms with van der Waals surface area (Å²) in [5.74, 6) is 0. The molecule has 1 heterocycles. The van der Waals surface area contributed by atoms with E-state index in [4.69, 9.17) is 5.73 Å². The SMILES string of the molecule is CCc1[nH]c(=O)sc1CN. The maximum atomic E-state index is 10.7. The molecule has 0 unspecified atom stereocenters. The van der Waals surface area contributed by atoms with Gasteiger partial charge in [-0.25, -0.2) is 0 Å². The minimum Gasteiger partial charge on any atom is -0.326 e. The van der Waals surface area contributed by atoms with Crippen LogP contribution < -0.4 is 10.6 Å². The lowest BCUT2D eigenvalue weighted by atomic mass is 10.3. The van der Waals surface area contributed by atoms with Crippen LogP contribution in [0.2, 0.25) is 0 Å². The van der Waals surface area contributed by atoms with Crippen molar-refractivity contribution in [2.75, 3.05) is 0 Å². The van der Waals surface area contributed by atoms with E-state index in [1.54, 1.807) is 0 Å². The van der Waals surface area contributed by atoms with Crippen LogP contribution in [-0.2, 0) is 13.0 Å². The summed E-state index contributed by atoms with van der Waals surface area (Å²) in [6.07, 6.45) is 0.852. The summed E-state index contributed by atoms with van der Waals surface area (Å²) in [5, 5.41) is 0. The molecule has 0 atom stereocenters. The van der Waals surface area contributed by atoms with Gasteiger partial charge < -0.3 is 10.7 Å². The van der Waals surface area contributed by atoms with Gasteiger partial charge in [0.2, 0.25) is 0 Å². The summed E-state index contributed by atoms with van der Waals surface area (Å²) in [6.45, 7) is 2.46. The highest BCUT2D eigenvalue weighted by atomic mass is 32.1. The van der Waals surface area contributed by atoms with Crippen molar-refractivity contribution in [2.45, 2.75) is 19.9 Å². The van der Waals surface area contributed by atoms with Crippen LogP contribution >= 0.6 is 11.3 Å². The first-order valence-electron chi connectivity index (χ1n) is 3.18.